The van der Waals surface area contributed by atoms with Crippen molar-refractivity contribution in [3.8, 4) is 11.4 Å². The van der Waals surface area contributed by atoms with E-state index in [0.29, 0.717) is 0 Å². The smallest absolute Gasteiger partial charge is 0.159 e. The minimum atomic E-state index is 0.155. The van der Waals surface area contributed by atoms with Gasteiger partial charge in [-0.1, -0.05) is 35.0 Å². The number of rotatable bonds is 4. The molecule has 1 heterocycles. The van der Waals surface area contributed by atoms with E-state index >= 15 is 0 Å². The summed E-state index contributed by atoms with van der Waals surface area (Å²) >= 11 is 3.56. The van der Waals surface area contributed by atoms with Crippen LogP contribution in [0.4, 0.5) is 0 Å². The van der Waals surface area contributed by atoms with Gasteiger partial charge in [0.05, 0.1) is 0 Å². The summed E-state index contributed by atoms with van der Waals surface area (Å²) in [5, 5.41) is 0. The molecule has 0 aliphatic carbocycles. The van der Waals surface area contributed by atoms with E-state index in [2.05, 4.69) is 57.9 Å². The van der Waals surface area contributed by atoms with Crippen molar-refractivity contribution in [1.82, 2.24) is 9.97 Å². The number of aromatic nitrogens is 2. The average Bonchev–Trinajstić information content (AvgIpc) is 2.41. The van der Waals surface area contributed by atoms with E-state index in [1.807, 2.05) is 13.0 Å². The number of nitrogens with zero attached hydrogens (tertiary/aromatic N) is 2. The fourth-order valence-corrected chi connectivity index (χ4v) is 2.39. The summed E-state index contributed by atoms with van der Waals surface area (Å²) in [6.45, 7) is 6.16. The van der Waals surface area contributed by atoms with Crippen molar-refractivity contribution in [2.45, 2.75) is 39.7 Å². The largest absolute Gasteiger partial charge is 0.327 e. The molecular formula is C16H20BrN3. The molecule has 1 aromatic heterocycles. The molecular weight excluding hydrogens is 314 g/mol. The second-order valence-electron chi connectivity index (χ2n) is 5.16. The lowest BCUT2D eigenvalue weighted by Gasteiger charge is -2.10. The van der Waals surface area contributed by atoms with Crippen LogP contribution in [-0.2, 0) is 6.42 Å². The molecule has 0 spiro atoms. The van der Waals surface area contributed by atoms with Gasteiger partial charge in [0.2, 0.25) is 0 Å². The maximum atomic E-state index is 6.02. The molecule has 2 rings (SSSR count). The summed E-state index contributed by atoms with van der Waals surface area (Å²) in [4.78, 5) is 9.19. The Kier molecular flexibility index (Phi) is 4.89. The van der Waals surface area contributed by atoms with Gasteiger partial charge in [0.1, 0.15) is 0 Å². The van der Waals surface area contributed by atoms with E-state index in [9.17, 15) is 0 Å². The minimum absolute atomic E-state index is 0.155. The van der Waals surface area contributed by atoms with Gasteiger partial charge in [-0.2, -0.15) is 0 Å². The monoisotopic (exact) mass is 333 g/mol. The Balaban J connectivity index is 2.38. The van der Waals surface area contributed by atoms with Crippen LogP contribution in [0.25, 0.3) is 11.4 Å². The summed E-state index contributed by atoms with van der Waals surface area (Å²) in [5.74, 6) is 0.768. The van der Waals surface area contributed by atoms with Crippen molar-refractivity contribution >= 4 is 15.9 Å². The fourth-order valence-electron chi connectivity index (χ4n) is 2.01. The number of benzene rings is 1. The Bertz CT molecular complexity index is 611. The summed E-state index contributed by atoms with van der Waals surface area (Å²) in [6, 6.07) is 8.36. The molecule has 1 aromatic carbocycles. The molecule has 106 valence electrons. The minimum Gasteiger partial charge on any atom is -0.327 e. The second kappa shape index (κ2) is 6.46. The highest BCUT2D eigenvalue weighted by atomic mass is 79.9. The van der Waals surface area contributed by atoms with Gasteiger partial charge < -0.3 is 5.73 Å². The molecule has 2 aromatic rings. The van der Waals surface area contributed by atoms with Crippen LogP contribution in [0.3, 0.4) is 0 Å². The molecule has 0 fully saturated rings. The van der Waals surface area contributed by atoms with Crippen molar-refractivity contribution in [2.24, 2.45) is 5.73 Å². The van der Waals surface area contributed by atoms with Gasteiger partial charge in [-0.05, 0) is 38.0 Å². The lowest BCUT2D eigenvalue weighted by Crippen LogP contribution is -2.22. The Morgan fingerprint density at radius 2 is 1.95 bits per heavy atom. The Morgan fingerprint density at radius 3 is 2.60 bits per heavy atom. The molecule has 2 N–H and O–H groups in total. The summed E-state index contributed by atoms with van der Waals surface area (Å²) < 4.78 is 1.08. The van der Waals surface area contributed by atoms with Gasteiger partial charge in [0.15, 0.2) is 5.82 Å². The molecule has 20 heavy (non-hydrogen) atoms. The predicted octanol–water partition coefficient (Wildman–Crippen LogP) is 3.80. The zero-order valence-corrected chi connectivity index (χ0v) is 13.7. The molecule has 0 amide bonds. The van der Waals surface area contributed by atoms with Gasteiger partial charge in [-0.15, -0.1) is 0 Å². The summed E-state index contributed by atoms with van der Waals surface area (Å²) in [5.41, 5.74) is 10.2. The molecule has 0 saturated heterocycles. The standard InChI is InChI=1S/C16H20BrN3/c1-4-13(18)9-14-7-11(3)19-16(20-14)12-6-5-10(2)15(17)8-12/h5-8,13H,4,9,18H2,1-3H3. The van der Waals surface area contributed by atoms with Crippen LogP contribution in [0.15, 0.2) is 28.7 Å². The molecule has 0 radical (unpaired) electrons. The van der Waals surface area contributed by atoms with Crippen molar-refractivity contribution in [3.05, 3.63) is 45.7 Å². The Labute approximate surface area is 128 Å². The van der Waals surface area contributed by atoms with E-state index in [0.717, 1.165) is 40.1 Å². The lowest BCUT2D eigenvalue weighted by molar-refractivity contribution is 0.635. The second-order valence-corrected chi connectivity index (χ2v) is 6.02. The quantitative estimate of drug-likeness (QED) is 0.925. The van der Waals surface area contributed by atoms with E-state index in [1.54, 1.807) is 0 Å². The SMILES string of the molecule is CCC(N)Cc1cc(C)nc(-c2ccc(C)c(Br)c2)n1. The van der Waals surface area contributed by atoms with Crippen molar-refractivity contribution in [2.75, 3.05) is 0 Å². The van der Waals surface area contributed by atoms with Gasteiger partial charge in [0.25, 0.3) is 0 Å². The van der Waals surface area contributed by atoms with Crippen LogP contribution in [-0.4, -0.2) is 16.0 Å². The summed E-state index contributed by atoms with van der Waals surface area (Å²) in [6.07, 6.45) is 1.74. The van der Waals surface area contributed by atoms with Crippen LogP contribution in [0, 0.1) is 13.8 Å². The van der Waals surface area contributed by atoms with Gasteiger partial charge in [-0.3, -0.25) is 0 Å². The van der Waals surface area contributed by atoms with Crippen molar-refractivity contribution in [3.63, 3.8) is 0 Å². The molecule has 0 saturated carbocycles. The predicted molar refractivity (Wildman–Crippen MR) is 86.6 cm³/mol. The first-order valence-electron chi connectivity index (χ1n) is 6.86. The maximum absolute atomic E-state index is 6.02. The first-order chi connectivity index (χ1) is 9.49. The third-order valence-electron chi connectivity index (χ3n) is 3.33. The number of hydrogen-bond donors (Lipinski definition) is 1. The van der Waals surface area contributed by atoms with Crippen molar-refractivity contribution < 1.29 is 0 Å². The van der Waals surface area contributed by atoms with Gasteiger partial charge in [-0.25, -0.2) is 9.97 Å². The van der Waals surface area contributed by atoms with Crippen LogP contribution < -0.4 is 5.73 Å². The van der Waals surface area contributed by atoms with E-state index in [1.165, 1.54) is 5.56 Å². The highest BCUT2D eigenvalue weighted by molar-refractivity contribution is 9.10. The molecule has 0 bridgehead atoms. The highest BCUT2D eigenvalue weighted by Gasteiger charge is 2.09. The highest BCUT2D eigenvalue weighted by Crippen LogP contribution is 2.24. The first-order valence-corrected chi connectivity index (χ1v) is 7.65. The average molecular weight is 334 g/mol. The molecule has 1 atom stereocenters. The topological polar surface area (TPSA) is 51.8 Å². The Hall–Kier alpha value is -1.26. The van der Waals surface area contributed by atoms with Crippen LogP contribution in [0.1, 0.15) is 30.3 Å². The van der Waals surface area contributed by atoms with Gasteiger partial charge in [0, 0.05) is 33.9 Å². The van der Waals surface area contributed by atoms with E-state index in [4.69, 9.17) is 5.73 Å². The molecule has 3 nitrogen and oxygen atoms in total. The molecule has 4 heteroatoms. The fraction of sp³-hybridized carbons (Fsp3) is 0.375. The van der Waals surface area contributed by atoms with Crippen LogP contribution >= 0.6 is 15.9 Å². The van der Waals surface area contributed by atoms with Crippen molar-refractivity contribution in [1.29, 1.82) is 0 Å². The zero-order valence-electron chi connectivity index (χ0n) is 12.2. The molecule has 0 aliphatic rings. The summed E-state index contributed by atoms with van der Waals surface area (Å²) in [7, 11) is 0. The van der Waals surface area contributed by atoms with E-state index < -0.39 is 0 Å². The van der Waals surface area contributed by atoms with E-state index in [-0.39, 0.29) is 6.04 Å². The van der Waals surface area contributed by atoms with Crippen LogP contribution in [0.2, 0.25) is 0 Å². The first kappa shape index (κ1) is 15.1. The normalized spacial score (nSPS) is 12.4. The lowest BCUT2D eigenvalue weighted by atomic mass is 10.1. The maximum Gasteiger partial charge on any atom is 0.159 e. The zero-order chi connectivity index (χ0) is 14.7. The molecule has 0 aliphatic heterocycles. The number of aryl methyl sites for hydroxylation is 2. The number of halogens is 1. The number of hydrogen-bond acceptors (Lipinski definition) is 3. The molecule has 1 unspecified atom stereocenters. The third kappa shape index (κ3) is 3.64. The Morgan fingerprint density at radius 1 is 1.20 bits per heavy atom. The number of nitrogens with two attached hydrogens (primary N) is 1. The third-order valence-corrected chi connectivity index (χ3v) is 4.19. The van der Waals surface area contributed by atoms with Crippen LogP contribution in [0.5, 0.6) is 0 Å². The van der Waals surface area contributed by atoms with Gasteiger partial charge >= 0.3 is 0 Å².